The van der Waals surface area contributed by atoms with Crippen molar-refractivity contribution in [1.29, 1.82) is 0 Å². The van der Waals surface area contributed by atoms with Crippen molar-refractivity contribution in [3.8, 4) is 0 Å². The average molecular weight is 220 g/mol. The van der Waals surface area contributed by atoms with E-state index in [0.717, 1.165) is 24.5 Å². The zero-order valence-corrected chi connectivity index (χ0v) is 9.64. The van der Waals surface area contributed by atoms with E-state index >= 15 is 0 Å². The molecule has 1 aromatic carbocycles. The summed E-state index contributed by atoms with van der Waals surface area (Å²) in [5.41, 5.74) is 2.26. The Morgan fingerprint density at radius 2 is 2.00 bits per heavy atom. The molecule has 0 amide bonds. The molecule has 4 nitrogen and oxygen atoms in total. The summed E-state index contributed by atoms with van der Waals surface area (Å²) < 4.78 is 4.70. The second kappa shape index (κ2) is 4.43. The quantitative estimate of drug-likeness (QED) is 0.699. The van der Waals surface area contributed by atoms with Crippen LogP contribution in [0.3, 0.4) is 0 Å². The Morgan fingerprint density at radius 3 is 2.69 bits per heavy atom. The van der Waals surface area contributed by atoms with E-state index in [1.807, 2.05) is 18.2 Å². The van der Waals surface area contributed by atoms with Gasteiger partial charge in [0.05, 0.1) is 18.5 Å². The summed E-state index contributed by atoms with van der Waals surface area (Å²) >= 11 is 0. The average Bonchev–Trinajstić information content (AvgIpc) is 2.33. The second-order valence-electron chi connectivity index (χ2n) is 3.91. The number of ether oxygens (including phenoxy) is 1. The van der Waals surface area contributed by atoms with Gasteiger partial charge >= 0.3 is 5.97 Å². The predicted octanol–water partition coefficient (Wildman–Crippen LogP) is 1.12. The highest BCUT2D eigenvalue weighted by atomic mass is 16.5. The first-order chi connectivity index (χ1) is 7.72. The lowest BCUT2D eigenvalue weighted by Crippen LogP contribution is -2.41. The largest absolute Gasteiger partial charge is 0.468 e. The van der Waals surface area contributed by atoms with Crippen molar-refractivity contribution in [3.05, 3.63) is 24.3 Å². The summed E-state index contributed by atoms with van der Waals surface area (Å²) in [6.07, 6.45) is 0. The zero-order valence-electron chi connectivity index (χ0n) is 9.64. The number of nitrogens with zero attached hydrogens (tertiary/aromatic N) is 2. The van der Waals surface area contributed by atoms with Crippen LogP contribution < -0.4 is 9.80 Å². The van der Waals surface area contributed by atoms with Gasteiger partial charge in [-0.2, -0.15) is 0 Å². The van der Waals surface area contributed by atoms with Crippen molar-refractivity contribution >= 4 is 17.3 Å². The van der Waals surface area contributed by atoms with Crippen LogP contribution in [0, 0.1) is 0 Å². The number of rotatable bonds is 2. The number of benzene rings is 1. The lowest BCUT2D eigenvalue weighted by molar-refractivity contribution is -0.138. The Hall–Kier alpha value is -1.71. The van der Waals surface area contributed by atoms with E-state index in [4.69, 9.17) is 4.74 Å². The molecule has 1 aromatic rings. The van der Waals surface area contributed by atoms with Gasteiger partial charge in [0.25, 0.3) is 0 Å². The lowest BCUT2D eigenvalue weighted by Gasteiger charge is -2.36. The molecule has 0 unspecified atom stereocenters. The first-order valence-corrected chi connectivity index (χ1v) is 5.34. The maximum Gasteiger partial charge on any atom is 0.325 e. The van der Waals surface area contributed by atoms with E-state index < -0.39 is 0 Å². The van der Waals surface area contributed by atoms with Crippen LogP contribution >= 0.6 is 0 Å². The standard InChI is InChI=1S/C12H16N2O2/c1-13-7-8-14(9-12(15)16-2)11-6-4-3-5-10(11)13/h3-6H,7-9H2,1-2H3. The summed E-state index contributed by atoms with van der Waals surface area (Å²) in [7, 11) is 3.48. The topological polar surface area (TPSA) is 32.8 Å². The highest BCUT2D eigenvalue weighted by Crippen LogP contribution is 2.31. The number of likely N-dealkylation sites (N-methyl/N-ethyl adjacent to an activating group) is 1. The number of anilines is 2. The van der Waals surface area contributed by atoms with Gasteiger partial charge in [0.15, 0.2) is 0 Å². The van der Waals surface area contributed by atoms with Crippen LogP contribution in [0.25, 0.3) is 0 Å². The molecule has 0 aliphatic carbocycles. The monoisotopic (exact) mass is 220 g/mol. The first kappa shape index (κ1) is 10.8. The van der Waals surface area contributed by atoms with Gasteiger partial charge in [-0.15, -0.1) is 0 Å². The van der Waals surface area contributed by atoms with Gasteiger partial charge in [-0.3, -0.25) is 4.79 Å². The molecule has 0 saturated heterocycles. The van der Waals surface area contributed by atoms with Crippen molar-refractivity contribution in [2.24, 2.45) is 0 Å². The van der Waals surface area contributed by atoms with Crippen LogP contribution in [0.5, 0.6) is 0 Å². The molecule has 86 valence electrons. The molecule has 0 aromatic heterocycles. The minimum Gasteiger partial charge on any atom is -0.468 e. The fourth-order valence-corrected chi connectivity index (χ4v) is 1.95. The molecule has 1 aliphatic rings. The molecule has 1 heterocycles. The SMILES string of the molecule is COC(=O)CN1CCN(C)c2ccccc21. The van der Waals surface area contributed by atoms with Crippen LogP contribution in [0.15, 0.2) is 24.3 Å². The Kier molecular flexibility index (Phi) is 2.99. The Balaban J connectivity index is 2.24. The third kappa shape index (κ3) is 1.96. The maximum absolute atomic E-state index is 11.3. The smallest absolute Gasteiger partial charge is 0.325 e. The molecule has 0 saturated carbocycles. The van der Waals surface area contributed by atoms with Gasteiger partial charge in [-0.05, 0) is 12.1 Å². The van der Waals surface area contributed by atoms with Crippen LogP contribution in [0.1, 0.15) is 0 Å². The van der Waals surface area contributed by atoms with E-state index in [0.29, 0.717) is 6.54 Å². The van der Waals surface area contributed by atoms with Crippen LogP contribution in [-0.4, -0.2) is 39.8 Å². The number of hydrogen-bond donors (Lipinski definition) is 0. The molecular formula is C12H16N2O2. The molecule has 4 heteroatoms. The van der Waals surface area contributed by atoms with Crippen molar-refractivity contribution in [1.82, 2.24) is 0 Å². The summed E-state index contributed by atoms with van der Waals surface area (Å²) in [4.78, 5) is 15.5. The summed E-state index contributed by atoms with van der Waals surface area (Å²) in [5, 5.41) is 0. The number of carbonyl (C=O) groups is 1. The number of hydrogen-bond acceptors (Lipinski definition) is 4. The van der Waals surface area contributed by atoms with E-state index in [2.05, 4.69) is 22.9 Å². The Bertz CT molecular complexity index is 392. The maximum atomic E-state index is 11.3. The third-order valence-corrected chi connectivity index (χ3v) is 2.89. The number of fused-ring (bicyclic) bond motifs is 1. The fraction of sp³-hybridized carbons (Fsp3) is 0.417. The number of esters is 1. The summed E-state index contributed by atoms with van der Waals surface area (Å²) in [5.74, 6) is -0.195. The number of methoxy groups -OCH3 is 1. The van der Waals surface area contributed by atoms with Crippen molar-refractivity contribution in [2.75, 3.05) is 43.6 Å². The fourth-order valence-electron chi connectivity index (χ4n) is 1.95. The van der Waals surface area contributed by atoms with Gasteiger partial charge in [-0.1, -0.05) is 12.1 Å². The Labute approximate surface area is 95.4 Å². The van der Waals surface area contributed by atoms with E-state index in [1.54, 1.807) is 0 Å². The minimum atomic E-state index is -0.195. The van der Waals surface area contributed by atoms with Crippen LogP contribution in [-0.2, 0) is 9.53 Å². The third-order valence-electron chi connectivity index (χ3n) is 2.89. The van der Waals surface area contributed by atoms with Crippen molar-refractivity contribution in [3.63, 3.8) is 0 Å². The van der Waals surface area contributed by atoms with Gasteiger partial charge in [0, 0.05) is 20.1 Å². The molecule has 0 N–H and O–H groups in total. The number of para-hydroxylation sites is 2. The molecule has 0 fully saturated rings. The van der Waals surface area contributed by atoms with E-state index in [9.17, 15) is 4.79 Å². The molecule has 0 bridgehead atoms. The molecule has 0 atom stereocenters. The molecular weight excluding hydrogens is 204 g/mol. The van der Waals surface area contributed by atoms with E-state index in [-0.39, 0.29) is 5.97 Å². The molecule has 2 rings (SSSR count). The van der Waals surface area contributed by atoms with Gasteiger partial charge in [-0.25, -0.2) is 0 Å². The molecule has 0 spiro atoms. The van der Waals surface area contributed by atoms with Crippen LogP contribution in [0.2, 0.25) is 0 Å². The van der Waals surface area contributed by atoms with Crippen molar-refractivity contribution in [2.45, 2.75) is 0 Å². The normalized spacial score (nSPS) is 14.6. The highest BCUT2D eigenvalue weighted by Gasteiger charge is 2.21. The van der Waals surface area contributed by atoms with Gasteiger partial charge in [0.1, 0.15) is 6.54 Å². The molecule has 16 heavy (non-hydrogen) atoms. The van der Waals surface area contributed by atoms with Gasteiger partial charge < -0.3 is 14.5 Å². The summed E-state index contributed by atoms with van der Waals surface area (Å²) in [6, 6.07) is 8.10. The predicted molar refractivity (Wildman–Crippen MR) is 63.9 cm³/mol. The minimum absolute atomic E-state index is 0.195. The Morgan fingerprint density at radius 1 is 1.31 bits per heavy atom. The first-order valence-electron chi connectivity index (χ1n) is 5.34. The lowest BCUT2D eigenvalue weighted by atomic mass is 10.2. The number of carbonyl (C=O) groups excluding carboxylic acids is 1. The van der Waals surface area contributed by atoms with Crippen molar-refractivity contribution < 1.29 is 9.53 Å². The van der Waals surface area contributed by atoms with Gasteiger partial charge in [0.2, 0.25) is 0 Å². The molecule has 1 aliphatic heterocycles. The highest BCUT2D eigenvalue weighted by molar-refractivity contribution is 5.80. The summed E-state index contributed by atoms with van der Waals surface area (Å²) in [6.45, 7) is 2.10. The van der Waals surface area contributed by atoms with Crippen LogP contribution in [0.4, 0.5) is 11.4 Å². The second-order valence-corrected chi connectivity index (χ2v) is 3.91. The van der Waals surface area contributed by atoms with E-state index in [1.165, 1.54) is 7.11 Å². The zero-order chi connectivity index (χ0) is 11.5. The molecule has 0 radical (unpaired) electrons.